The summed E-state index contributed by atoms with van der Waals surface area (Å²) in [5.41, 5.74) is -0.181. The fourth-order valence-electron chi connectivity index (χ4n) is 4.78. The third kappa shape index (κ3) is 3.15. The summed E-state index contributed by atoms with van der Waals surface area (Å²) in [5, 5.41) is 5.77. The number of carbonyl (C=O) groups excluding carboxylic acids is 3. The molecule has 4 aliphatic rings. The number of carbonyl (C=O) groups is 3. The second-order valence-electron chi connectivity index (χ2n) is 7.55. The highest BCUT2D eigenvalue weighted by Gasteiger charge is 2.57. The Balaban J connectivity index is 1.46. The van der Waals surface area contributed by atoms with Crippen LogP contribution in [0.25, 0.3) is 0 Å². The Morgan fingerprint density at radius 3 is 2.89 bits per heavy atom. The lowest BCUT2D eigenvalue weighted by Gasteiger charge is -2.55. The average Bonchev–Trinajstić information content (AvgIpc) is 2.66. The molecule has 0 radical (unpaired) electrons. The monoisotopic (exact) mass is 372 g/mol. The van der Waals surface area contributed by atoms with Crippen molar-refractivity contribution in [3.63, 3.8) is 0 Å². The molecule has 1 aromatic carbocycles. The van der Waals surface area contributed by atoms with Gasteiger partial charge in [0, 0.05) is 18.3 Å². The van der Waals surface area contributed by atoms with E-state index in [0.29, 0.717) is 30.8 Å². The van der Waals surface area contributed by atoms with Crippen LogP contribution in [0, 0.1) is 17.8 Å². The molecular weight excluding hydrogens is 348 g/mol. The smallest absolute Gasteiger partial charge is 0.325 e. The summed E-state index contributed by atoms with van der Waals surface area (Å²) in [6.45, 7) is 1.92. The van der Waals surface area contributed by atoms with E-state index in [1.807, 2.05) is 18.2 Å². The van der Waals surface area contributed by atoms with Crippen molar-refractivity contribution in [1.82, 2.24) is 10.6 Å². The van der Waals surface area contributed by atoms with Gasteiger partial charge in [-0.25, -0.2) is 0 Å². The molecule has 2 amide bonds. The summed E-state index contributed by atoms with van der Waals surface area (Å²) >= 11 is 0. The van der Waals surface area contributed by atoms with Gasteiger partial charge in [0.25, 0.3) is 5.91 Å². The van der Waals surface area contributed by atoms with Crippen LogP contribution in [0.15, 0.2) is 24.3 Å². The molecule has 2 N–H and O–H groups in total. The zero-order valence-corrected chi connectivity index (χ0v) is 15.3. The molecule has 0 unspecified atom stereocenters. The van der Waals surface area contributed by atoms with Gasteiger partial charge in [-0.05, 0) is 44.2 Å². The standard InChI is InChI=1S/C20H24N2O5/c1-2-26-17(23)11-21-18(24)15-9-13-8-7-12(15)10-20(13)22-19(25)14-5-3-4-6-16(14)27-20/h3-6,12-13,15H,2,7-11H2,1H3,(H,21,24)(H,22,25)/t12-,13+,15+,20+/m0/s1. The minimum atomic E-state index is -0.730. The molecule has 7 heteroatoms. The largest absolute Gasteiger partial charge is 0.467 e. The van der Waals surface area contributed by atoms with Crippen LogP contribution in [-0.2, 0) is 14.3 Å². The zero-order valence-electron chi connectivity index (χ0n) is 15.3. The van der Waals surface area contributed by atoms with Crippen molar-refractivity contribution in [2.24, 2.45) is 17.8 Å². The highest BCUT2D eigenvalue weighted by atomic mass is 16.5. The first kappa shape index (κ1) is 17.8. The van der Waals surface area contributed by atoms with E-state index in [9.17, 15) is 14.4 Å². The van der Waals surface area contributed by atoms with Crippen LogP contribution >= 0.6 is 0 Å². The highest BCUT2D eigenvalue weighted by molar-refractivity contribution is 5.98. The van der Waals surface area contributed by atoms with Gasteiger partial charge in [-0.15, -0.1) is 0 Å². The molecule has 5 rings (SSSR count). The molecule has 1 aliphatic heterocycles. The molecule has 2 bridgehead atoms. The molecule has 3 aliphatic carbocycles. The van der Waals surface area contributed by atoms with E-state index >= 15 is 0 Å². The van der Waals surface area contributed by atoms with E-state index in [2.05, 4.69) is 10.6 Å². The Morgan fingerprint density at radius 1 is 1.33 bits per heavy atom. The number of fused-ring (bicyclic) bond motifs is 3. The van der Waals surface area contributed by atoms with E-state index in [1.165, 1.54) is 0 Å². The first-order valence-corrected chi connectivity index (χ1v) is 9.56. The predicted octanol–water partition coefficient (Wildman–Crippen LogP) is 1.62. The minimum absolute atomic E-state index is 0.0677. The molecule has 144 valence electrons. The highest BCUT2D eigenvalue weighted by Crippen LogP contribution is 2.52. The third-order valence-corrected chi connectivity index (χ3v) is 6.02. The number of nitrogens with one attached hydrogen (secondary N) is 2. The normalized spacial score (nSPS) is 30.9. The van der Waals surface area contributed by atoms with Crippen LogP contribution < -0.4 is 15.4 Å². The number of benzene rings is 1. The molecule has 3 fully saturated rings. The first-order chi connectivity index (χ1) is 13.0. The fraction of sp³-hybridized carbons (Fsp3) is 0.550. The lowest BCUT2D eigenvalue weighted by molar-refractivity contribution is -0.150. The van der Waals surface area contributed by atoms with E-state index in [4.69, 9.17) is 9.47 Å². The molecule has 27 heavy (non-hydrogen) atoms. The Kier molecular flexibility index (Phi) is 4.53. The molecule has 0 saturated heterocycles. The lowest BCUT2D eigenvalue weighted by atomic mass is 9.60. The number of rotatable bonds is 4. The topological polar surface area (TPSA) is 93.7 Å². The molecule has 1 spiro atoms. The van der Waals surface area contributed by atoms with E-state index in [0.717, 1.165) is 12.8 Å². The van der Waals surface area contributed by atoms with Crippen molar-refractivity contribution in [2.45, 2.75) is 38.3 Å². The van der Waals surface area contributed by atoms with Crippen molar-refractivity contribution >= 4 is 17.8 Å². The Bertz CT molecular complexity index is 779. The summed E-state index contributed by atoms with van der Waals surface area (Å²) < 4.78 is 11.1. The summed E-state index contributed by atoms with van der Waals surface area (Å²) in [6.07, 6.45) is 3.08. The third-order valence-electron chi connectivity index (χ3n) is 6.02. The van der Waals surface area contributed by atoms with Gasteiger partial charge in [0.15, 0.2) is 5.72 Å². The van der Waals surface area contributed by atoms with Crippen molar-refractivity contribution in [2.75, 3.05) is 13.2 Å². The second kappa shape index (κ2) is 6.87. The lowest BCUT2D eigenvalue weighted by Crippen LogP contribution is -2.67. The number of esters is 1. The quantitative estimate of drug-likeness (QED) is 0.784. The molecule has 1 heterocycles. The van der Waals surface area contributed by atoms with Gasteiger partial charge in [-0.1, -0.05) is 12.1 Å². The van der Waals surface area contributed by atoms with Crippen LogP contribution in [0.3, 0.4) is 0 Å². The molecule has 1 aromatic rings. The van der Waals surface area contributed by atoms with Gasteiger partial charge in [0.05, 0.1) is 12.2 Å². The summed E-state index contributed by atoms with van der Waals surface area (Å²) in [5.74, 6) is -0.0369. The van der Waals surface area contributed by atoms with Gasteiger partial charge in [-0.3, -0.25) is 14.4 Å². The number of para-hydroxylation sites is 1. The van der Waals surface area contributed by atoms with Gasteiger partial charge < -0.3 is 20.1 Å². The molecule has 7 nitrogen and oxygen atoms in total. The molecular formula is C20H24N2O5. The van der Waals surface area contributed by atoms with Gasteiger partial charge in [0.2, 0.25) is 5.91 Å². The maximum atomic E-state index is 12.6. The van der Waals surface area contributed by atoms with E-state index in [1.54, 1.807) is 13.0 Å². The summed E-state index contributed by atoms with van der Waals surface area (Å²) in [7, 11) is 0. The number of hydrogen-bond acceptors (Lipinski definition) is 5. The second-order valence-corrected chi connectivity index (χ2v) is 7.55. The maximum Gasteiger partial charge on any atom is 0.325 e. The Morgan fingerprint density at radius 2 is 2.15 bits per heavy atom. The van der Waals surface area contributed by atoms with Gasteiger partial charge in [-0.2, -0.15) is 0 Å². The van der Waals surface area contributed by atoms with E-state index in [-0.39, 0.29) is 36.1 Å². The van der Waals surface area contributed by atoms with Crippen molar-refractivity contribution in [3.05, 3.63) is 29.8 Å². The zero-order chi connectivity index (χ0) is 19.0. The fourth-order valence-corrected chi connectivity index (χ4v) is 4.78. The van der Waals surface area contributed by atoms with Crippen molar-refractivity contribution in [1.29, 1.82) is 0 Å². The Labute approximate surface area is 157 Å². The van der Waals surface area contributed by atoms with Crippen LogP contribution in [0.2, 0.25) is 0 Å². The number of amides is 2. The summed E-state index contributed by atoms with van der Waals surface area (Å²) in [6, 6.07) is 7.25. The first-order valence-electron chi connectivity index (χ1n) is 9.56. The van der Waals surface area contributed by atoms with Gasteiger partial charge in [0.1, 0.15) is 12.3 Å². The van der Waals surface area contributed by atoms with Crippen molar-refractivity contribution < 1.29 is 23.9 Å². The molecule has 0 aromatic heterocycles. The predicted molar refractivity (Wildman–Crippen MR) is 95.8 cm³/mol. The Hall–Kier alpha value is -2.57. The van der Waals surface area contributed by atoms with Crippen molar-refractivity contribution in [3.8, 4) is 5.75 Å². The maximum absolute atomic E-state index is 12.6. The summed E-state index contributed by atoms with van der Waals surface area (Å²) in [4.78, 5) is 36.6. The van der Waals surface area contributed by atoms with Crippen LogP contribution in [0.5, 0.6) is 5.75 Å². The molecule has 3 saturated carbocycles. The van der Waals surface area contributed by atoms with Crippen LogP contribution in [-0.4, -0.2) is 36.7 Å². The SMILES string of the molecule is CCOC(=O)CNC(=O)[C@@H]1C[C@H]2CC[C@H]1C[C@]21NC(=O)c2ccccc2O1. The number of hydrogen-bond donors (Lipinski definition) is 2. The number of ether oxygens (including phenoxy) is 2. The average molecular weight is 372 g/mol. The van der Waals surface area contributed by atoms with Gasteiger partial charge >= 0.3 is 5.97 Å². The van der Waals surface area contributed by atoms with E-state index < -0.39 is 11.7 Å². The minimum Gasteiger partial charge on any atom is -0.467 e. The molecule has 4 atom stereocenters. The van der Waals surface area contributed by atoms with Crippen LogP contribution in [0.1, 0.15) is 43.0 Å². The van der Waals surface area contributed by atoms with Crippen LogP contribution in [0.4, 0.5) is 0 Å².